The van der Waals surface area contributed by atoms with Gasteiger partial charge in [-0.1, -0.05) is 6.07 Å². The Labute approximate surface area is 117 Å². The number of hydrogen-bond acceptors (Lipinski definition) is 4. The SMILES string of the molecule is CN(C)CCN(CC(=O)O)Cc1ccc(F)c(C#N)c1. The molecule has 0 saturated carbocycles. The fraction of sp³-hybridized carbons (Fsp3) is 0.429. The summed E-state index contributed by atoms with van der Waals surface area (Å²) in [6.07, 6.45) is 0. The highest BCUT2D eigenvalue weighted by molar-refractivity contribution is 5.69. The van der Waals surface area contributed by atoms with Gasteiger partial charge in [-0.3, -0.25) is 9.69 Å². The summed E-state index contributed by atoms with van der Waals surface area (Å²) < 4.78 is 13.2. The molecule has 0 heterocycles. The molecule has 0 aliphatic rings. The minimum absolute atomic E-state index is 0.0228. The van der Waals surface area contributed by atoms with Crippen LogP contribution in [-0.2, 0) is 11.3 Å². The van der Waals surface area contributed by atoms with E-state index in [2.05, 4.69) is 0 Å². The van der Waals surface area contributed by atoms with E-state index in [0.29, 0.717) is 13.1 Å². The molecular weight excluding hydrogens is 261 g/mol. The summed E-state index contributed by atoms with van der Waals surface area (Å²) in [5.74, 6) is -1.47. The highest BCUT2D eigenvalue weighted by atomic mass is 19.1. The molecule has 0 aromatic heterocycles. The molecule has 0 aliphatic carbocycles. The second-order valence-electron chi connectivity index (χ2n) is 4.83. The van der Waals surface area contributed by atoms with Gasteiger partial charge in [0.1, 0.15) is 11.9 Å². The molecule has 0 atom stereocenters. The number of aliphatic carboxylic acids is 1. The Kier molecular flexibility index (Phi) is 6.10. The molecule has 0 radical (unpaired) electrons. The van der Waals surface area contributed by atoms with Crippen LogP contribution in [0, 0.1) is 17.1 Å². The highest BCUT2D eigenvalue weighted by Crippen LogP contribution is 2.11. The van der Waals surface area contributed by atoms with E-state index in [1.807, 2.05) is 19.0 Å². The molecule has 6 heteroatoms. The summed E-state index contributed by atoms with van der Waals surface area (Å²) in [6.45, 7) is 1.58. The van der Waals surface area contributed by atoms with E-state index >= 15 is 0 Å². The molecule has 108 valence electrons. The van der Waals surface area contributed by atoms with Gasteiger partial charge in [0.15, 0.2) is 0 Å². The first-order chi connectivity index (χ1) is 9.42. The molecule has 0 aliphatic heterocycles. The van der Waals surface area contributed by atoms with Crippen LogP contribution in [0.2, 0.25) is 0 Å². The van der Waals surface area contributed by atoms with Gasteiger partial charge in [0.05, 0.1) is 12.1 Å². The minimum Gasteiger partial charge on any atom is -0.480 e. The summed E-state index contributed by atoms with van der Waals surface area (Å²) in [5, 5.41) is 17.7. The molecule has 1 N–H and O–H groups in total. The van der Waals surface area contributed by atoms with E-state index in [1.54, 1.807) is 17.0 Å². The van der Waals surface area contributed by atoms with E-state index in [0.717, 1.165) is 12.1 Å². The number of hydrogen-bond donors (Lipinski definition) is 1. The Morgan fingerprint density at radius 3 is 2.65 bits per heavy atom. The minimum atomic E-state index is -0.911. The molecule has 5 nitrogen and oxygen atoms in total. The largest absolute Gasteiger partial charge is 0.480 e. The first-order valence-electron chi connectivity index (χ1n) is 6.19. The van der Waals surface area contributed by atoms with Crippen LogP contribution in [0.3, 0.4) is 0 Å². The van der Waals surface area contributed by atoms with E-state index < -0.39 is 11.8 Å². The summed E-state index contributed by atoms with van der Waals surface area (Å²) in [4.78, 5) is 14.6. The molecule has 20 heavy (non-hydrogen) atoms. The summed E-state index contributed by atoms with van der Waals surface area (Å²) in [6, 6.07) is 6.05. The average Bonchev–Trinajstić information content (AvgIpc) is 2.37. The number of carbonyl (C=O) groups is 1. The van der Waals surface area contributed by atoms with Crippen molar-refractivity contribution in [1.82, 2.24) is 9.80 Å². The van der Waals surface area contributed by atoms with Crippen LogP contribution in [0.25, 0.3) is 0 Å². The van der Waals surface area contributed by atoms with Crippen molar-refractivity contribution in [3.63, 3.8) is 0 Å². The van der Waals surface area contributed by atoms with Gasteiger partial charge >= 0.3 is 5.97 Å². The maximum atomic E-state index is 13.2. The lowest BCUT2D eigenvalue weighted by atomic mass is 10.1. The normalized spacial score (nSPS) is 10.8. The molecule has 1 aromatic rings. The molecule has 1 rings (SSSR count). The lowest BCUT2D eigenvalue weighted by Gasteiger charge is -2.22. The molecule has 0 unspecified atom stereocenters. The van der Waals surface area contributed by atoms with Gasteiger partial charge < -0.3 is 10.0 Å². The third kappa shape index (κ3) is 5.34. The maximum absolute atomic E-state index is 13.2. The van der Waals surface area contributed by atoms with Crippen LogP contribution in [0.1, 0.15) is 11.1 Å². The number of benzene rings is 1. The highest BCUT2D eigenvalue weighted by Gasteiger charge is 2.12. The number of carboxylic acid groups (broad SMARTS) is 1. The standard InChI is InChI=1S/C14H18FN3O2/c1-17(2)5-6-18(10-14(19)20)9-11-3-4-13(15)12(7-11)8-16/h3-4,7H,5-6,9-10H2,1-2H3,(H,19,20). The van der Waals surface area contributed by atoms with Crippen molar-refractivity contribution in [2.24, 2.45) is 0 Å². The van der Waals surface area contributed by atoms with E-state index in [-0.39, 0.29) is 12.1 Å². The maximum Gasteiger partial charge on any atom is 0.317 e. The Bertz CT molecular complexity index is 512. The molecule has 1 aromatic carbocycles. The molecule has 0 amide bonds. The van der Waals surface area contributed by atoms with Gasteiger partial charge in [0.25, 0.3) is 0 Å². The van der Waals surface area contributed by atoms with Crippen molar-refractivity contribution in [3.8, 4) is 6.07 Å². The second-order valence-corrected chi connectivity index (χ2v) is 4.83. The first kappa shape index (κ1) is 16.1. The number of rotatable bonds is 7. The van der Waals surface area contributed by atoms with Gasteiger partial charge in [-0.2, -0.15) is 5.26 Å². The Balaban J connectivity index is 2.78. The van der Waals surface area contributed by atoms with Gasteiger partial charge in [0, 0.05) is 19.6 Å². The lowest BCUT2D eigenvalue weighted by molar-refractivity contribution is -0.138. The number of carboxylic acids is 1. The second kappa shape index (κ2) is 7.58. The molecule has 0 saturated heterocycles. The van der Waals surface area contributed by atoms with Crippen LogP contribution >= 0.6 is 0 Å². The van der Waals surface area contributed by atoms with Crippen LogP contribution in [0.15, 0.2) is 18.2 Å². The quantitative estimate of drug-likeness (QED) is 0.811. The topological polar surface area (TPSA) is 67.6 Å². The zero-order chi connectivity index (χ0) is 15.1. The number of likely N-dealkylation sites (N-methyl/N-ethyl adjacent to an activating group) is 1. The third-order valence-corrected chi connectivity index (χ3v) is 2.78. The van der Waals surface area contributed by atoms with E-state index in [4.69, 9.17) is 10.4 Å². The molecule has 0 spiro atoms. The van der Waals surface area contributed by atoms with Crippen molar-refractivity contribution >= 4 is 5.97 Å². The molecule has 0 fully saturated rings. The Morgan fingerprint density at radius 2 is 2.10 bits per heavy atom. The lowest BCUT2D eigenvalue weighted by Crippen LogP contribution is -2.35. The van der Waals surface area contributed by atoms with Crippen LogP contribution in [0.4, 0.5) is 4.39 Å². The van der Waals surface area contributed by atoms with Gasteiger partial charge in [-0.25, -0.2) is 4.39 Å². The van der Waals surface area contributed by atoms with E-state index in [1.165, 1.54) is 12.1 Å². The smallest absolute Gasteiger partial charge is 0.317 e. The van der Waals surface area contributed by atoms with E-state index in [9.17, 15) is 9.18 Å². The van der Waals surface area contributed by atoms with Gasteiger partial charge in [-0.05, 0) is 31.8 Å². The van der Waals surface area contributed by atoms with Crippen LogP contribution in [0.5, 0.6) is 0 Å². The Morgan fingerprint density at radius 1 is 1.40 bits per heavy atom. The number of nitrogens with zero attached hydrogens (tertiary/aromatic N) is 3. The summed E-state index contributed by atoms with van der Waals surface area (Å²) in [7, 11) is 3.81. The van der Waals surface area contributed by atoms with Crippen molar-refractivity contribution in [2.45, 2.75) is 6.54 Å². The Hall–Kier alpha value is -1.97. The predicted molar refractivity (Wildman–Crippen MR) is 72.6 cm³/mol. The van der Waals surface area contributed by atoms with Gasteiger partial charge in [-0.15, -0.1) is 0 Å². The zero-order valence-electron chi connectivity index (χ0n) is 11.6. The zero-order valence-corrected chi connectivity index (χ0v) is 11.6. The molecule has 0 bridgehead atoms. The monoisotopic (exact) mass is 279 g/mol. The molecular formula is C14H18FN3O2. The number of nitriles is 1. The average molecular weight is 279 g/mol. The predicted octanol–water partition coefficient (Wildman–Crippen LogP) is 1.15. The first-order valence-corrected chi connectivity index (χ1v) is 6.19. The third-order valence-electron chi connectivity index (χ3n) is 2.78. The fourth-order valence-corrected chi connectivity index (χ4v) is 1.76. The van der Waals surface area contributed by atoms with Crippen molar-refractivity contribution in [1.29, 1.82) is 5.26 Å². The van der Waals surface area contributed by atoms with Crippen molar-refractivity contribution in [3.05, 3.63) is 35.1 Å². The van der Waals surface area contributed by atoms with Crippen LogP contribution < -0.4 is 0 Å². The number of halogens is 1. The fourth-order valence-electron chi connectivity index (χ4n) is 1.76. The summed E-state index contributed by atoms with van der Waals surface area (Å²) >= 11 is 0. The van der Waals surface area contributed by atoms with Crippen LogP contribution in [-0.4, -0.2) is 54.6 Å². The van der Waals surface area contributed by atoms with Crippen molar-refractivity contribution in [2.75, 3.05) is 33.7 Å². The summed E-state index contributed by atoms with van der Waals surface area (Å²) in [5.41, 5.74) is 0.702. The van der Waals surface area contributed by atoms with Crippen molar-refractivity contribution < 1.29 is 14.3 Å². The van der Waals surface area contributed by atoms with Gasteiger partial charge in [0.2, 0.25) is 0 Å².